The summed E-state index contributed by atoms with van der Waals surface area (Å²) in [5, 5.41) is 0.937. The lowest BCUT2D eigenvalue weighted by Gasteiger charge is -2.26. The molecule has 5 nitrogen and oxygen atoms in total. The van der Waals surface area contributed by atoms with Gasteiger partial charge in [0.1, 0.15) is 5.75 Å². The second-order valence-electron chi connectivity index (χ2n) is 6.88. The van der Waals surface area contributed by atoms with Gasteiger partial charge in [0.15, 0.2) is 15.0 Å². The van der Waals surface area contributed by atoms with Crippen LogP contribution in [0.25, 0.3) is 0 Å². The molecule has 1 saturated heterocycles. The molecule has 0 radical (unpaired) electrons. The number of sulfone groups is 1. The molecule has 1 fully saturated rings. The second-order valence-corrected chi connectivity index (χ2v) is 9.97. The number of hydrogen-bond acceptors (Lipinski definition) is 6. The van der Waals surface area contributed by atoms with Crippen LogP contribution >= 0.6 is 11.8 Å². The van der Waals surface area contributed by atoms with Crippen molar-refractivity contribution < 1.29 is 13.2 Å². The van der Waals surface area contributed by atoms with Crippen LogP contribution in [0, 0.1) is 0 Å². The third-order valence-corrected chi connectivity index (χ3v) is 7.69. The first-order valence-electron chi connectivity index (χ1n) is 8.88. The van der Waals surface area contributed by atoms with E-state index in [0.29, 0.717) is 6.54 Å². The van der Waals surface area contributed by atoms with Crippen LogP contribution in [0.15, 0.2) is 59.6 Å². The average molecular weight is 403 g/mol. The first-order valence-corrected chi connectivity index (χ1v) is 11.7. The van der Waals surface area contributed by atoms with Gasteiger partial charge in [0.2, 0.25) is 0 Å². The Bertz CT molecular complexity index is 945. The molecule has 0 N–H and O–H groups in total. The molecule has 7 heteroatoms. The number of aliphatic imine (C=N–C) groups is 1. The van der Waals surface area contributed by atoms with Gasteiger partial charge >= 0.3 is 0 Å². The Morgan fingerprint density at radius 3 is 2.67 bits per heavy atom. The van der Waals surface area contributed by atoms with Gasteiger partial charge in [0.05, 0.1) is 30.7 Å². The Kier molecular flexibility index (Phi) is 5.14. The molecular weight excluding hydrogens is 380 g/mol. The number of thioether (sulfide) groups is 1. The molecular formula is C20H22N2O3S2. The van der Waals surface area contributed by atoms with E-state index in [4.69, 9.17) is 9.73 Å². The van der Waals surface area contributed by atoms with Crippen molar-refractivity contribution in [2.24, 2.45) is 4.99 Å². The van der Waals surface area contributed by atoms with E-state index in [-0.39, 0.29) is 23.6 Å². The van der Waals surface area contributed by atoms with Crippen LogP contribution in [0.2, 0.25) is 0 Å². The van der Waals surface area contributed by atoms with E-state index in [1.54, 1.807) is 18.9 Å². The Hall–Kier alpha value is -1.99. The number of amidine groups is 1. The number of fused-ring (bicyclic) bond motifs is 1. The summed E-state index contributed by atoms with van der Waals surface area (Å²) >= 11 is 1.68. The molecule has 4 rings (SSSR count). The number of nitrogens with zero attached hydrogens (tertiary/aromatic N) is 2. The molecule has 0 amide bonds. The maximum Gasteiger partial charge on any atom is 0.160 e. The van der Waals surface area contributed by atoms with Crippen molar-refractivity contribution in [1.29, 1.82) is 0 Å². The molecule has 27 heavy (non-hydrogen) atoms. The zero-order chi connectivity index (χ0) is 18.9. The molecule has 0 unspecified atom stereocenters. The van der Waals surface area contributed by atoms with Gasteiger partial charge in [-0.2, -0.15) is 0 Å². The Labute approximate surface area is 164 Å². The maximum atomic E-state index is 12.1. The van der Waals surface area contributed by atoms with E-state index < -0.39 is 9.84 Å². The van der Waals surface area contributed by atoms with Crippen LogP contribution in [-0.4, -0.2) is 49.2 Å². The van der Waals surface area contributed by atoms with Crippen molar-refractivity contribution in [3.63, 3.8) is 0 Å². The van der Waals surface area contributed by atoms with E-state index in [0.717, 1.165) is 22.2 Å². The molecule has 0 saturated carbocycles. The van der Waals surface area contributed by atoms with E-state index >= 15 is 0 Å². The average Bonchev–Trinajstić information content (AvgIpc) is 3.13. The van der Waals surface area contributed by atoms with Crippen molar-refractivity contribution in [3.8, 4) is 5.75 Å². The summed E-state index contributed by atoms with van der Waals surface area (Å²) in [6, 6.07) is 17.9. The fraction of sp³-hybridized carbons (Fsp3) is 0.350. The molecule has 142 valence electrons. The molecule has 0 aromatic heterocycles. The normalized spacial score (nSPS) is 23.1. The first-order chi connectivity index (χ1) is 13.0. The standard InChI is InChI=1S/C20H22N2O3S2/c1-25-17-9-5-8-16(10-17)11-22-19-14-27(23,24)13-18(19)21-20(22)26-12-15-6-3-2-4-7-15/h2-10,18-19H,11-14H2,1H3/t18-,19+/m1/s1. The third-order valence-electron chi connectivity index (χ3n) is 4.91. The van der Waals surface area contributed by atoms with Gasteiger partial charge in [-0.3, -0.25) is 4.99 Å². The second kappa shape index (κ2) is 7.56. The first kappa shape index (κ1) is 18.4. The van der Waals surface area contributed by atoms with Gasteiger partial charge in [-0.1, -0.05) is 54.2 Å². The SMILES string of the molecule is COc1cccc(CN2C(SCc3ccccc3)=N[C@@H]3CS(=O)(=O)C[C@@H]32)c1. The van der Waals surface area contributed by atoms with Crippen LogP contribution in [0.1, 0.15) is 11.1 Å². The Morgan fingerprint density at radius 2 is 1.89 bits per heavy atom. The molecule has 2 heterocycles. The summed E-state index contributed by atoms with van der Waals surface area (Å²) in [5.74, 6) is 1.96. The van der Waals surface area contributed by atoms with Gasteiger partial charge in [-0.15, -0.1) is 0 Å². The lowest BCUT2D eigenvalue weighted by molar-refractivity contribution is 0.341. The highest BCUT2D eigenvalue weighted by Crippen LogP contribution is 2.33. The van der Waals surface area contributed by atoms with Crippen LogP contribution in [0.5, 0.6) is 5.75 Å². The molecule has 2 atom stereocenters. The summed E-state index contributed by atoms with van der Waals surface area (Å²) in [6.07, 6.45) is 0. The topological polar surface area (TPSA) is 59.0 Å². The number of methoxy groups -OCH3 is 1. The summed E-state index contributed by atoms with van der Waals surface area (Å²) in [7, 11) is -1.37. The van der Waals surface area contributed by atoms with E-state index in [1.165, 1.54) is 5.56 Å². The minimum Gasteiger partial charge on any atom is -0.497 e. The fourth-order valence-corrected chi connectivity index (χ4v) is 6.52. The number of hydrogen-bond donors (Lipinski definition) is 0. The number of benzene rings is 2. The highest BCUT2D eigenvalue weighted by atomic mass is 32.2. The predicted molar refractivity (Wildman–Crippen MR) is 110 cm³/mol. The van der Waals surface area contributed by atoms with Crippen molar-refractivity contribution in [1.82, 2.24) is 4.90 Å². The predicted octanol–water partition coefficient (Wildman–Crippen LogP) is 2.97. The molecule has 0 spiro atoms. The minimum atomic E-state index is -3.02. The van der Waals surface area contributed by atoms with Crippen molar-refractivity contribution in [2.45, 2.75) is 24.4 Å². The molecule has 0 aliphatic carbocycles. The number of ether oxygens (including phenoxy) is 1. The van der Waals surface area contributed by atoms with Gasteiger partial charge in [0.25, 0.3) is 0 Å². The van der Waals surface area contributed by atoms with Crippen LogP contribution in [0.4, 0.5) is 0 Å². The zero-order valence-corrected chi connectivity index (χ0v) is 16.7. The highest BCUT2D eigenvalue weighted by molar-refractivity contribution is 8.13. The summed E-state index contributed by atoms with van der Waals surface area (Å²) in [6.45, 7) is 0.633. The molecule has 2 aliphatic heterocycles. The van der Waals surface area contributed by atoms with Gasteiger partial charge in [-0.05, 0) is 23.3 Å². The summed E-state index contributed by atoms with van der Waals surface area (Å²) < 4.78 is 29.5. The van der Waals surface area contributed by atoms with Gasteiger partial charge in [-0.25, -0.2) is 8.42 Å². The summed E-state index contributed by atoms with van der Waals surface area (Å²) in [4.78, 5) is 6.94. The van der Waals surface area contributed by atoms with Crippen molar-refractivity contribution in [2.75, 3.05) is 18.6 Å². The fourth-order valence-electron chi connectivity index (χ4n) is 3.58. The van der Waals surface area contributed by atoms with Crippen molar-refractivity contribution in [3.05, 3.63) is 65.7 Å². The van der Waals surface area contributed by atoms with E-state index in [2.05, 4.69) is 17.0 Å². The monoisotopic (exact) mass is 402 g/mol. The van der Waals surface area contributed by atoms with Crippen molar-refractivity contribution >= 4 is 26.8 Å². The molecule has 2 aromatic rings. The highest BCUT2D eigenvalue weighted by Gasteiger charge is 2.46. The van der Waals surface area contributed by atoms with Crippen LogP contribution in [-0.2, 0) is 22.1 Å². The third kappa shape index (κ3) is 4.14. The van der Waals surface area contributed by atoms with E-state index in [1.807, 2.05) is 42.5 Å². The van der Waals surface area contributed by atoms with Gasteiger partial charge < -0.3 is 9.64 Å². The number of rotatable bonds is 5. The quantitative estimate of drug-likeness (QED) is 0.770. The van der Waals surface area contributed by atoms with Crippen LogP contribution < -0.4 is 4.74 Å². The zero-order valence-electron chi connectivity index (χ0n) is 15.1. The Morgan fingerprint density at radius 1 is 1.11 bits per heavy atom. The van der Waals surface area contributed by atoms with Crippen LogP contribution in [0.3, 0.4) is 0 Å². The maximum absolute atomic E-state index is 12.1. The van der Waals surface area contributed by atoms with Gasteiger partial charge in [0, 0.05) is 12.3 Å². The molecule has 2 aliphatic rings. The smallest absolute Gasteiger partial charge is 0.160 e. The molecule has 0 bridgehead atoms. The Balaban J connectivity index is 1.55. The lowest BCUT2D eigenvalue weighted by atomic mass is 10.1. The van der Waals surface area contributed by atoms with E-state index in [9.17, 15) is 8.42 Å². The largest absolute Gasteiger partial charge is 0.497 e. The summed E-state index contributed by atoms with van der Waals surface area (Å²) in [5.41, 5.74) is 2.32. The lowest BCUT2D eigenvalue weighted by Crippen LogP contribution is -2.38. The molecule has 2 aromatic carbocycles. The minimum absolute atomic E-state index is 0.0699.